The van der Waals surface area contributed by atoms with E-state index in [2.05, 4.69) is 25.2 Å². The lowest BCUT2D eigenvalue weighted by Gasteiger charge is -2.34. The summed E-state index contributed by atoms with van der Waals surface area (Å²) < 4.78 is 0. The number of carbonyl (C=O) groups excluding carboxylic acids is 1. The van der Waals surface area contributed by atoms with Crippen LogP contribution in [0.2, 0.25) is 0 Å². The molecule has 0 aromatic carbocycles. The fraction of sp³-hybridized carbons (Fsp3) is 0.765. The van der Waals surface area contributed by atoms with Crippen LogP contribution < -0.4 is 5.32 Å². The number of carbonyl (C=O) groups is 1. The zero-order valence-corrected chi connectivity index (χ0v) is 12.7. The van der Waals surface area contributed by atoms with E-state index in [0.29, 0.717) is 5.92 Å². The maximum absolute atomic E-state index is 12.2. The van der Waals surface area contributed by atoms with Crippen molar-refractivity contribution in [3.05, 3.63) is 11.6 Å². The molecular formula is C17H26N2O. The van der Waals surface area contributed by atoms with Gasteiger partial charge in [0, 0.05) is 6.08 Å². The van der Waals surface area contributed by atoms with Gasteiger partial charge in [-0.25, -0.2) is 0 Å². The third-order valence-corrected chi connectivity index (χ3v) is 4.83. The lowest BCUT2D eigenvalue weighted by atomic mass is 9.77. The molecule has 0 spiro atoms. The van der Waals surface area contributed by atoms with Crippen LogP contribution in [0.4, 0.5) is 0 Å². The molecule has 2 aliphatic rings. The lowest BCUT2D eigenvalue weighted by molar-refractivity contribution is -0.118. The van der Waals surface area contributed by atoms with Gasteiger partial charge >= 0.3 is 0 Å². The average Bonchev–Trinajstić information content (AvgIpc) is 2.41. The fourth-order valence-electron chi connectivity index (χ4n) is 3.53. The van der Waals surface area contributed by atoms with E-state index in [9.17, 15) is 10.1 Å². The number of nitrogens with one attached hydrogen (secondary N) is 1. The molecule has 1 amide bonds. The van der Waals surface area contributed by atoms with Crippen molar-refractivity contribution >= 4 is 5.91 Å². The Kier molecular flexibility index (Phi) is 4.86. The van der Waals surface area contributed by atoms with Gasteiger partial charge in [-0.3, -0.25) is 4.79 Å². The van der Waals surface area contributed by atoms with Gasteiger partial charge in [0.05, 0.1) is 6.07 Å². The smallest absolute Gasteiger partial charge is 0.245 e. The van der Waals surface area contributed by atoms with Gasteiger partial charge in [0.15, 0.2) is 0 Å². The molecule has 1 N–H and O–H groups in total. The van der Waals surface area contributed by atoms with Crippen LogP contribution in [-0.2, 0) is 4.79 Å². The molecule has 2 atom stereocenters. The first-order chi connectivity index (χ1) is 9.53. The van der Waals surface area contributed by atoms with Gasteiger partial charge in [0.25, 0.3) is 0 Å². The second-order valence-electron chi connectivity index (χ2n) is 6.87. The van der Waals surface area contributed by atoms with Crippen molar-refractivity contribution in [1.29, 1.82) is 5.26 Å². The molecule has 0 saturated heterocycles. The van der Waals surface area contributed by atoms with Gasteiger partial charge in [-0.05, 0) is 56.8 Å². The number of hydrogen-bond donors (Lipinski definition) is 1. The van der Waals surface area contributed by atoms with E-state index < -0.39 is 5.54 Å². The van der Waals surface area contributed by atoms with Crippen molar-refractivity contribution in [3.63, 3.8) is 0 Å². The first kappa shape index (κ1) is 15.1. The minimum absolute atomic E-state index is 0.0646. The van der Waals surface area contributed by atoms with E-state index in [0.717, 1.165) is 44.4 Å². The predicted octanol–water partition coefficient (Wildman–Crippen LogP) is 3.71. The highest BCUT2D eigenvalue weighted by Gasteiger charge is 2.36. The topological polar surface area (TPSA) is 52.9 Å². The highest BCUT2D eigenvalue weighted by Crippen LogP contribution is 2.32. The van der Waals surface area contributed by atoms with Gasteiger partial charge in [-0.2, -0.15) is 5.26 Å². The summed E-state index contributed by atoms with van der Waals surface area (Å²) in [5.41, 5.74) is 0.617. The van der Waals surface area contributed by atoms with Gasteiger partial charge < -0.3 is 5.32 Å². The SMILES string of the molecule is CC1CCC(=CC(=O)NC2(C#N)CCCC(C)C2)CC1. The maximum Gasteiger partial charge on any atom is 0.245 e. The molecule has 0 heterocycles. The predicted molar refractivity (Wildman–Crippen MR) is 79.8 cm³/mol. The minimum atomic E-state index is -0.631. The molecule has 2 aliphatic carbocycles. The zero-order valence-electron chi connectivity index (χ0n) is 12.7. The molecule has 0 aromatic heterocycles. The van der Waals surface area contributed by atoms with Crippen LogP contribution in [-0.4, -0.2) is 11.4 Å². The molecular weight excluding hydrogens is 248 g/mol. The zero-order chi connectivity index (χ0) is 14.6. The van der Waals surface area contributed by atoms with Gasteiger partial charge in [-0.1, -0.05) is 25.8 Å². The van der Waals surface area contributed by atoms with Crippen LogP contribution in [0, 0.1) is 23.2 Å². The summed E-state index contributed by atoms with van der Waals surface area (Å²) in [6.07, 6.45) is 9.95. The Morgan fingerprint density at radius 3 is 2.60 bits per heavy atom. The Balaban J connectivity index is 1.96. The monoisotopic (exact) mass is 274 g/mol. The van der Waals surface area contributed by atoms with E-state index in [4.69, 9.17) is 0 Å². The Bertz CT molecular complexity index is 425. The summed E-state index contributed by atoms with van der Waals surface area (Å²) >= 11 is 0. The molecule has 0 radical (unpaired) electrons. The van der Waals surface area contributed by atoms with Gasteiger partial charge in [-0.15, -0.1) is 0 Å². The van der Waals surface area contributed by atoms with Crippen molar-refractivity contribution < 1.29 is 4.79 Å². The van der Waals surface area contributed by atoms with Crippen molar-refractivity contribution in [2.75, 3.05) is 0 Å². The van der Waals surface area contributed by atoms with Gasteiger partial charge in [0.2, 0.25) is 5.91 Å². The molecule has 0 aromatic rings. The Morgan fingerprint density at radius 1 is 1.30 bits per heavy atom. The summed E-state index contributed by atoms with van der Waals surface area (Å²) in [6, 6.07) is 2.36. The highest BCUT2D eigenvalue weighted by molar-refractivity contribution is 5.89. The van der Waals surface area contributed by atoms with Gasteiger partial charge in [0.1, 0.15) is 5.54 Å². The van der Waals surface area contributed by atoms with Crippen LogP contribution in [0.5, 0.6) is 0 Å². The molecule has 0 aliphatic heterocycles. The number of nitriles is 1. The molecule has 2 saturated carbocycles. The van der Waals surface area contributed by atoms with Crippen LogP contribution in [0.3, 0.4) is 0 Å². The molecule has 110 valence electrons. The highest BCUT2D eigenvalue weighted by atomic mass is 16.1. The van der Waals surface area contributed by atoms with Crippen LogP contribution in [0.1, 0.15) is 65.2 Å². The summed E-state index contributed by atoms with van der Waals surface area (Å²) in [4.78, 5) is 12.2. The van der Waals surface area contributed by atoms with E-state index in [-0.39, 0.29) is 5.91 Å². The number of nitrogens with zero attached hydrogens (tertiary/aromatic N) is 1. The molecule has 2 rings (SSSR count). The molecule has 3 heteroatoms. The fourth-order valence-corrected chi connectivity index (χ4v) is 3.53. The number of amides is 1. The first-order valence-electron chi connectivity index (χ1n) is 7.96. The summed E-state index contributed by atoms with van der Waals surface area (Å²) in [5, 5.41) is 12.5. The average molecular weight is 274 g/mol. The Hall–Kier alpha value is -1.30. The lowest BCUT2D eigenvalue weighted by Crippen LogP contribution is -2.49. The van der Waals surface area contributed by atoms with Crippen LogP contribution >= 0.6 is 0 Å². The van der Waals surface area contributed by atoms with Crippen LogP contribution in [0.15, 0.2) is 11.6 Å². The van der Waals surface area contributed by atoms with Crippen molar-refractivity contribution in [1.82, 2.24) is 5.32 Å². The third kappa shape index (κ3) is 3.85. The van der Waals surface area contributed by atoms with E-state index in [1.54, 1.807) is 6.08 Å². The van der Waals surface area contributed by atoms with Crippen molar-refractivity contribution in [2.45, 2.75) is 70.8 Å². The summed E-state index contributed by atoms with van der Waals surface area (Å²) in [5.74, 6) is 1.23. The molecule has 2 unspecified atom stereocenters. The molecule has 3 nitrogen and oxygen atoms in total. The maximum atomic E-state index is 12.2. The van der Waals surface area contributed by atoms with E-state index in [1.807, 2.05) is 0 Å². The van der Waals surface area contributed by atoms with E-state index >= 15 is 0 Å². The number of rotatable bonds is 2. The standard InChI is InChI=1S/C17H26N2O/c1-13-5-7-15(8-6-13)10-16(20)19-17(12-18)9-3-4-14(2)11-17/h10,13-14H,3-9,11H2,1-2H3,(H,19,20). The third-order valence-electron chi connectivity index (χ3n) is 4.83. The normalized spacial score (nSPS) is 34.1. The van der Waals surface area contributed by atoms with Crippen molar-refractivity contribution in [2.24, 2.45) is 11.8 Å². The Labute approximate surface area is 122 Å². The summed E-state index contributed by atoms with van der Waals surface area (Å²) in [7, 11) is 0. The molecule has 2 fully saturated rings. The first-order valence-corrected chi connectivity index (χ1v) is 7.96. The largest absolute Gasteiger partial charge is 0.334 e. The quantitative estimate of drug-likeness (QED) is 0.780. The Morgan fingerprint density at radius 2 is 2.00 bits per heavy atom. The number of allylic oxidation sites excluding steroid dienone is 1. The number of hydrogen-bond acceptors (Lipinski definition) is 2. The minimum Gasteiger partial charge on any atom is -0.334 e. The molecule has 20 heavy (non-hydrogen) atoms. The molecule has 0 bridgehead atoms. The second-order valence-corrected chi connectivity index (χ2v) is 6.87. The van der Waals surface area contributed by atoms with Crippen LogP contribution in [0.25, 0.3) is 0 Å². The van der Waals surface area contributed by atoms with E-state index in [1.165, 1.54) is 18.4 Å². The van der Waals surface area contributed by atoms with Crippen molar-refractivity contribution in [3.8, 4) is 6.07 Å². The summed E-state index contributed by atoms with van der Waals surface area (Å²) in [6.45, 7) is 4.43. The second kappa shape index (κ2) is 6.43.